The van der Waals surface area contributed by atoms with Gasteiger partial charge in [0.15, 0.2) is 5.82 Å². The molecule has 0 aliphatic heterocycles. The number of nitrogens with one attached hydrogen (secondary N) is 1. The molecule has 1 aromatic heterocycles. The van der Waals surface area contributed by atoms with Gasteiger partial charge in [-0.3, -0.25) is 4.99 Å². The van der Waals surface area contributed by atoms with Crippen molar-refractivity contribution in [2.75, 3.05) is 26.5 Å². The van der Waals surface area contributed by atoms with Crippen LogP contribution in [0.3, 0.4) is 0 Å². The van der Waals surface area contributed by atoms with Gasteiger partial charge in [0, 0.05) is 56.5 Å². The molecule has 1 aliphatic carbocycles. The van der Waals surface area contributed by atoms with Crippen LogP contribution in [0.5, 0.6) is 0 Å². The summed E-state index contributed by atoms with van der Waals surface area (Å²) in [5.74, 6) is 1.17. The van der Waals surface area contributed by atoms with Crippen molar-refractivity contribution in [3.8, 4) is 11.4 Å². The van der Waals surface area contributed by atoms with E-state index in [4.69, 9.17) is 4.98 Å². The average molecular weight is 492 g/mol. The molecule has 2 aromatic rings. The van der Waals surface area contributed by atoms with Crippen molar-refractivity contribution in [3.05, 3.63) is 66.5 Å². The minimum absolute atomic E-state index is 0.302. The molecule has 0 bridgehead atoms. The normalized spacial score (nSPS) is 20.5. The Labute approximate surface area is 216 Å². The van der Waals surface area contributed by atoms with Crippen molar-refractivity contribution in [2.24, 2.45) is 4.99 Å². The molecule has 1 aliphatic rings. The van der Waals surface area contributed by atoms with Gasteiger partial charge >= 0.3 is 0 Å². The van der Waals surface area contributed by atoms with Gasteiger partial charge in [-0.05, 0) is 43.4 Å². The number of anilines is 1. The highest BCUT2D eigenvalue weighted by molar-refractivity contribution is 6.11. The van der Waals surface area contributed by atoms with E-state index >= 15 is 0 Å². The molecule has 0 radical (unpaired) electrons. The summed E-state index contributed by atoms with van der Waals surface area (Å²) in [6, 6.07) is 7.72. The van der Waals surface area contributed by atoms with E-state index in [1.54, 1.807) is 19.5 Å². The lowest BCUT2D eigenvalue weighted by Gasteiger charge is -2.33. The zero-order valence-corrected chi connectivity index (χ0v) is 22.4. The number of aliphatic hydroxyl groups excluding tert-OH is 2. The molecule has 36 heavy (non-hydrogen) atoms. The van der Waals surface area contributed by atoms with Crippen molar-refractivity contribution >= 4 is 23.2 Å². The molecule has 1 heterocycles. The predicted octanol–water partition coefficient (Wildman–Crippen LogP) is 5.05. The largest absolute Gasteiger partial charge is 0.390 e. The Balaban J connectivity index is 0.00000222. The van der Waals surface area contributed by atoms with E-state index in [0.717, 1.165) is 40.7 Å². The molecule has 194 valence electrons. The molecule has 1 saturated carbocycles. The summed E-state index contributed by atoms with van der Waals surface area (Å²) in [6.45, 7) is 9.88. The van der Waals surface area contributed by atoms with Gasteiger partial charge in [0.05, 0.1) is 18.2 Å². The average Bonchev–Trinajstić information content (AvgIpc) is 2.90. The number of hydrogen-bond acceptors (Lipinski definition) is 7. The van der Waals surface area contributed by atoms with E-state index in [1.807, 2.05) is 82.4 Å². The molecular formula is C29H41N5O2. The maximum atomic E-state index is 10.6. The predicted molar refractivity (Wildman–Crippen MR) is 152 cm³/mol. The zero-order valence-electron chi connectivity index (χ0n) is 22.4. The standard InChI is InChI=1S/C27H35N5O2.C2H6/c1-6-18(15-28-3)22-16-29-26(31-27(22)30-23-12-9-13-24(33)25(23)34)21-11-8-10-20(14-21)19(7-2)17-32(4)5;1-2/h6-8,10-11,14-17,23-25,33-34H,2,9,12-13H2,1,3-5H3,(H,29,30,31);1-2H3/b18-6+,19-17+,28-15?;. The van der Waals surface area contributed by atoms with Gasteiger partial charge in [-0.1, -0.05) is 50.8 Å². The lowest BCUT2D eigenvalue weighted by molar-refractivity contribution is -0.0161. The number of nitrogens with zero attached hydrogens (tertiary/aromatic N) is 4. The number of aliphatic imine (C=N–C) groups is 1. The summed E-state index contributed by atoms with van der Waals surface area (Å²) in [7, 11) is 5.67. The molecule has 0 amide bonds. The smallest absolute Gasteiger partial charge is 0.161 e. The van der Waals surface area contributed by atoms with Gasteiger partial charge in [0.1, 0.15) is 5.82 Å². The highest BCUT2D eigenvalue weighted by Crippen LogP contribution is 2.29. The van der Waals surface area contributed by atoms with E-state index in [2.05, 4.69) is 21.9 Å². The second-order valence-corrected chi connectivity index (χ2v) is 8.66. The third kappa shape index (κ3) is 7.35. The van der Waals surface area contributed by atoms with Crippen LogP contribution in [0.25, 0.3) is 22.5 Å². The molecule has 3 atom stereocenters. The third-order valence-electron chi connectivity index (χ3n) is 5.89. The van der Waals surface area contributed by atoms with Gasteiger partial charge < -0.3 is 20.4 Å². The highest BCUT2D eigenvalue weighted by Gasteiger charge is 2.31. The first kappa shape index (κ1) is 28.9. The Bertz CT molecular complexity index is 1090. The van der Waals surface area contributed by atoms with Crippen LogP contribution in [-0.4, -0.2) is 70.7 Å². The number of hydrogen-bond donors (Lipinski definition) is 3. The topological polar surface area (TPSA) is 93.9 Å². The second-order valence-electron chi connectivity index (χ2n) is 8.66. The Morgan fingerprint density at radius 2 is 1.94 bits per heavy atom. The van der Waals surface area contributed by atoms with E-state index in [-0.39, 0.29) is 6.04 Å². The summed E-state index contributed by atoms with van der Waals surface area (Å²) in [5.41, 5.74) is 4.55. The molecule has 3 N–H and O–H groups in total. The van der Waals surface area contributed by atoms with Crippen LogP contribution in [0.2, 0.25) is 0 Å². The first-order valence-electron chi connectivity index (χ1n) is 12.6. The maximum absolute atomic E-state index is 10.6. The van der Waals surface area contributed by atoms with Crippen molar-refractivity contribution in [1.29, 1.82) is 0 Å². The molecule has 7 heteroatoms. The summed E-state index contributed by atoms with van der Waals surface area (Å²) >= 11 is 0. The van der Waals surface area contributed by atoms with Gasteiger partial charge in [0.25, 0.3) is 0 Å². The first-order chi connectivity index (χ1) is 17.4. The fourth-order valence-electron chi connectivity index (χ4n) is 4.13. The van der Waals surface area contributed by atoms with Crippen molar-refractivity contribution < 1.29 is 10.2 Å². The summed E-state index contributed by atoms with van der Waals surface area (Å²) in [5, 5.41) is 24.1. The Morgan fingerprint density at radius 1 is 1.19 bits per heavy atom. The Hall–Kier alpha value is -3.29. The van der Waals surface area contributed by atoms with E-state index in [9.17, 15) is 10.2 Å². The lowest BCUT2D eigenvalue weighted by Crippen LogP contribution is -2.45. The van der Waals surface area contributed by atoms with Crippen LogP contribution in [0.15, 0.2) is 60.4 Å². The van der Waals surface area contributed by atoms with Crippen LogP contribution in [0.4, 0.5) is 5.82 Å². The molecule has 0 spiro atoms. The Kier molecular flexibility index (Phi) is 11.5. The monoisotopic (exact) mass is 491 g/mol. The molecular weight excluding hydrogens is 450 g/mol. The maximum Gasteiger partial charge on any atom is 0.161 e. The zero-order chi connectivity index (χ0) is 26.7. The summed E-state index contributed by atoms with van der Waals surface area (Å²) in [4.78, 5) is 15.7. The first-order valence-corrected chi connectivity index (χ1v) is 12.6. The van der Waals surface area contributed by atoms with Crippen LogP contribution < -0.4 is 5.32 Å². The molecule has 3 unspecified atom stereocenters. The van der Waals surface area contributed by atoms with Crippen LogP contribution in [0, 0.1) is 0 Å². The minimum Gasteiger partial charge on any atom is -0.390 e. The number of benzene rings is 1. The van der Waals surface area contributed by atoms with Crippen molar-refractivity contribution in [2.45, 2.75) is 58.3 Å². The second kappa shape index (κ2) is 14.3. The van der Waals surface area contributed by atoms with Crippen LogP contribution in [-0.2, 0) is 0 Å². The fraction of sp³-hybridized carbons (Fsp3) is 0.414. The number of allylic oxidation sites excluding steroid dienone is 4. The number of aromatic nitrogens is 2. The third-order valence-corrected chi connectivity index (χ3v) is 5.89. The van der Waals surface area contributed by atoms with Crippen LogP contribution in [0.1, 0.15) is 51.2 Å². The van der Waals surface area contributed by atoms with Gasteiger partial charge in [-0.2, -0.15) is 0 Å². The van der Waals surface area contributed by atoms with Crippen molar-refractivity contribution in [3.63, 3.8) is 0 Å². The Morgan fingerprint density at radius 3 is 2.58 bits per heavy atom. The quantitative estimate of drug-likeness (QED) is 0.353. The molecule has 0 saturated heterocycles. The fourth-order valence-corrected chi connectivity index (χ4v) is 4.13. The molecule has 7 nitrogen and oxygen atoms in total. The van der Waals surface area contributed by atoms with Gasteiger partial charge in [-0.25, -0.2) is 9.97 Å². The number of aliphatic hydroxyl groups is 2. The lowest BCUT2D eigenvalue weighted by atomic mass is 9.90. The highest BCUT2D eigenvalue weighted by atomic mass is 16.3. The SMILES string of the molecule is C=C/C(=C\N(C)C)c1cccc(-c2ncc(/C(C=NC)=C/C)c(NC3CCCC(O)C3O)n2)c1.CC. The van der Waals surface area contributed by atoms with Gasteiger partial charge in [-0.15, -0.1) is 0 Å². The van der Waals surface area contributed by atoms with Crippen LogP contribution >= 0.6 is 0 Å². The van der Waals surface area contributed by atoms with Gasteiger partial charge in [0.2, 0.25) is 0 Å². The summed E-state index contributed by atoms with van der Waals surface area (Å²) in [6.07, 6.45) is 9.92. The summed E-state index contributed by atoms with van der Waals surface area (Å²) < 4.78 is 0. The van der Waals surface area contributed by atoms with Crippen molar-refractivity contribution in [1.82, 2.24) is 14.9 Å². The molecule has 1 aromatic carbocycles. The van der Waals surface area contributed by atoms with E-state index < -0.39 is 12.2 Å². The molecule has 1 fully saturated rings. The molecule has 3 rings (SSSR count). The minimum atomic E-state index is -0.858. The van der Waals surface area contributed by atoms with E-state index in [1.165, 1.54) is 0 Å². The van der Waals surface area contributed by atoms with E-state index in [0.29, 0.717) is 18.1 Å². The number of rotatable bonds is 8.